The molecule has 0 amide bonds. The van der Waals surface area contributed by atoms with Gasteiger partial charge in [-0.15, -0.1) is 0 Å². The van der Waals surface area contributed by atoms with Gasteiger partial charge >= 0.3 is 0 Å². The molecule has 1 N–H and O–H groups in total. The Bertz CT molecular complexity index is 254. The Hall–Kier alpha value is -0.0800. The maximum absolute atomic E-state index is 3.84. The summed E-state index contributed by atoms with van der Waals surface area (Å²) in [6, 6.07) is 1.69. The van der Waals surface area contributed by atoms with Crippen molar-refractivity contribution in [1.82, 2.24) is 10.2 Å². The highest BCUT2D eigenvalue weighted by Crippen LogP contribution is 2.27. The van der Waals surface area contributed by atoms with E-state index in [4.69, 9.17) is 0 Å². The summed E-state index contributed by atoms with van der Waals surface area (Å²) in [5.41, 5.74) is 0. The van der Waals surface area contributed by atoms with Crippen molar-refractivity contribution in [3.63, 3.8) is 0 Å². The molecular formula is C19H38N2. The predicted octanol–water partition coefficient (Wildman–Crippen LogP) is 4.73. The van der Waals surface area contributed by atoms with Gasteiger partial charge in [0.15, 0.2) is 0 Å². The van der Waals surface area contributed by atoms with Crippen LogP contribution >= 0.6 is 0 Å². The first-order chi connectivity index (χ1) is 10.4. The lowest BCUT2D eigenvalue weighted by Crippen LogP contribution is -2.39. The first-order valence-electron chi connectivity index (χ1n) is 9.89. The Labute approximate surface area is 133 Å². The second kappa shape index (κ2) is 10.6. The van der Waals surface area contributed by atoms with Gasteiger partial charge in [0.1, 0.15) is 0 Å². The molecule has 2 heterocycles. The van der Waals surface area contributed by atoms with Crippen LogP contribution in [0.1, 0.15) is 90.4 Å². The van der Waals surface area contributed by atoms with Gasteiger partial charge in [-0.05, 0) is 38.8 Å². The van der Waals surface area contributed by atoms with Crippen molar-refractivity contribution in [2.45, 2.75) is 102 Å². The van der Waals surface area contributed by atoms with Gasteiger partial charge in [0.2, 0.25) is 0 Å². The third-order valence-electron chi connectivity index (χ3n) is 5.54. The summed E-state index contributed by atoms with van der Waals surface area (Å²) in [7, 11) is 0. The molecule has 2 saturated heterocycles. The van der Waals surface area contributed by atoms with E-state index in [1.807, 2.05) is 0 Å². The Kier molecular flexibility index (Phi) is 8.73. The van der Waals surface area contributed by atoms with E-state index in [9.17, 15) is 0 Å². The lowest BCUT2D eigenvalue weighted by molar-refractivity contribution is 0.298. The van der Waals surface area contributed by atoms with E-state index < -0.39 is 0 Å². The molecule has 0 aromatic rings. The molecule has 2 fully saturated rings. The van der Waals surface area contributed by atoms with Crippen LogP contribution in [-0.2, 0) is 0 Å². The molecule has 0 saturated carbocycles. The number of hydrogen-bond donors (Lipinski definition) is 1. The average Bonchev–Trinajstić information content (AvgIpc) is 3.09. The fourth-order valence-corrected chi connectivity index (χ4v) is 4.22. The maximum atomic E-state index is 3.84. The molecule has 2 unspecified atom stereocenters. The lowest BCUT2D eigenvalue weighted by Gasteiger charge is -2.21. The smallest absolute Gasteiger partial charge is 0.0250 e. The van der Waals surface area contributed by atoms with Crippen LogP contribution in [0.2, 0.25) is 0 Å². The largest absolute Gasteiger partial charge is 0.312 e. The summed E-state index contributed by atoms with van der Waals surface area (Å²) in [4.78, 5) is 2.70. The van der Waals surface area contributed by atoms with Crippen LogP contribution in [0, 0.1) is 0 Å². The molecule has 2 rings (SSSR count). The highest BCUT2D eigenvalue weighted by atomic mass is 15.2. The van der Waals surface area contributed by atoms with Gasteiger partial charge in [-0.2, -0.15) is 0 Å². The molecule has 2 heteroatoms. The van der Waals surface area contributed by atoms with Crippen LogP contribution in [0.4, 0.5) is 0 Å². The molecule has 2 aliphatic heterocycles. The number of rotatable bonds is 12. The van der Waals surface area contributed by atoms with Crippen molar-refractivity contribution >= 4 is 0 Å². The van der Waals surface area contributed by atoms with E-state index in [1.54, 1.807) is 0 Å². The van der Waals surface area contributed by atoms with E-state index in [0.29, 0.717) is 0 Å². The summed E-state index contributed by atoms with van der Waals surface area (Å²) in [6.45, 7) is 6.26. The highest BCUT2D eigenvalue weighted by Gasteiger charge is 2.36. The minimum atomic E-state index is 0.811. The zero-order valence-electron chi connectivity index (χ0n) is 14.4. The fourth-order valence-electron chi connectivity index (χ4n) is 4.22. The third-order valence-corrected chi connectivity index (χ3v) is 5.54. The van der Waals surface area contributed by atoms with Crippen molar-refractivity contribution in [3.8, 4) is 0 Å². The van der Waals surface area contributed by atoms with Gasteiger partial charge in [0.05, 0.1) is 0 Å². The summed E-state index contributed by atoms with van der Waals surface area (Å²) in [5.74, 6) is 0. The van der Waals surface area contributed by atoms with Crippen molar-refractivity contribution in [2.75, 3.05) is 19.6 Å². The van der Waals surface area contributed by atoms with Gasteiger partial charge in [0, 0.05) is 18.6 Å². The predicted molar refractivity (Wildman–Crippen MR) is 92.8 cm³/mol. The molecule has 2 nitrogen and oxygen atoms in total. The summed E-state index contributed by atoms with van der Waals surface area (Å²) in [5, 5.41) is 3.84. The first kappa shape index (κ1) is 17.3. The molecule has 0 aromatic heterocycles. The van der Waals surface area contributed by atoms with Gasteiger partial charge in [-0.3, -0.25) is 4.90 Å². The molecule has 21 heavy (non-hydrogen) atoms. The van der Waals surface area contributed by atoms with Gasteiger partial charge < -0.3 is 5.32 Å². The van der Waals surface area contributed by atoms with Crippen molar-refractivity contribution in [3.05, 3.63) is 0 Å². The molecular weight excluding hydrogens is 256 g/mol. The van der Waals surface area contributed by atoms with Crippen molar-refractivity contribution in [2.24, 2.45) is 0 Å². The van der Waals surface area contributed by atoms with Crippen molar-refractivity contribution < 1.29 is 0 Å². The third kappa shape index (κ3) is 6.28. The van der Waals surface area contributed by atoms with Gasteiger partial charge in [0.25, 0.3) is 0 Å². The normalized spacial score (nSPS) is 25.6. The molecule has 2 atom stereocenters. The Morgan fingerprint density at radius 1 is 0.810 bits per heavy atom. The Morgan fingerprint density at radius 3 is 2.19 bits per heavy atom. The molecule has 0 aliphatic carbocycles. The zero-order valence-corrected chi connectivity index (χ0v) is 14.4. The van der Waals surface area contributed by atoms with E-state index in [0.717, 1.165) is 12.1 Å². The second-order valence-electron chi connectivity index (χ2n) is 7.28. The summed E-state index contributed by atoms with van der Waals surface area (Å²) >= 11 is 0. The van der Waals surface area contributed by atoms with E-state index >= 15 is 0 Å². The molecule has 0 spiro atoms. The minimum Gasteiger partial charge on any atom is -0.312 e. The number of fused-ring (bicyclic) bond motifs is 1. The number of unbranched alkanes of at least 4 members (excludes halogenated alkanes) is 9. The topological polar surface area (TPSA) is 15.3 Å². The van der Waals surface area contributed by atoms with Crippen LogP contribution in [0.5, 0.6) is 0 Å². The zero-order chi connectivity index (χ0) is 14.8. The molecule has 0 radical (unpaired) electrons. The number of nitrogens with one attached hydrogen (secondary N) is 1. The number of nitrogens with zero attached hydrogens (tertiary/aromatic N) is 1. The fraction of sp³-hybridized carbons (Fsp3) is 1.00. The lowest BCUT2D eigenvalue weighted by atomic mass is 10.1. The Morgan fingerprint density at radius 2 is 1.48 bits per heavy atom. The summed E-state index contributed by atoms with van der Waals surface area (Å²) < 4.78 is 0. The quantitative estimate of drug-likeness (QED) is 0.523. The summed E-state index contributed by atoms with van der Waals surface area (Å²) in [6.07, 6.45) is 18.7. The standard InChI is InChI=1S/C19H38N2/c1-2-3-4-5-6-7-8-9-10-11-15-20-18-14-17-21-16-12-13-19(18)21/h18-20H,2-17H2,1H3. The van der Waals surface area contributed by atoms with Crippen LogP contribution < -0.4 is 5.32 Å². The first-order valence-corrected chi connectivity index (χ1v) is 9.89. The van der Waals surface area contributed by atoms with Crippen LogP contribution in [0.3, 0.4) is 0 Å². The van der Waals surface area contributed by atoms with Crippen molar-refractivity contribution in [1.29, 1.82) is 0 Å². The molecule has 2 aliphatic rings. The monoisotopic (exact) mass is 294 g/mol. The van der Waals surface area contributed by atoms with Crippen LogP contribution in [0.25, 0.3) is 0 Å². The highest BCUT2D eigenvalue weighted by molar-refractivity contribution is 4.95. The SMILES string of the molecule is CCCCCCCCCCCCNC1CCN2CCCC12. The van der Waals surface area contributed by atoms with Gasteiger partial charge in [-0.1, -0.05) is 64.7 Å². The van der Waals surface area contributed by atoms with Crippen LogP contribution in [-0.4, -0.2) is 36.6 Å². The molecule has 124 valence electrons. The average molecular weight is 295 g/mol. The van der Waals surface area contributed by atoms with E-state index in [-0.39, 0.29) is 0 Å². The maximum Gasteiger partial charge on any atom is 0.0250 e. The molecule has 0 bridgehead atoms. The second-order valence-corrected chi connectivity index (χ2v) is 7.28. The van der Waals surface area contributed by atoms with E-state index in [2.05, 4.69) is 17.1 Å². The van der Waals surface area contributed by atoms with Gasteiger partial charge in [-0.25, -0.2) is 0 Å². The van der Waals surface area contributed by atoms with E-state index in [1.165, 1.54) is 103 Å². The Balaban J connectivity index is 1.34. The number of hydrogen-bond acceptors (Lipinski definition) is 2. The molecule has 0 aromatic carbocycles. The minimum absolute atomic E-state index is 0.811. The van der Waals surface area contributed by atoms with Crippen LogP contribution in [0.15, 0.2) is 0 Å².